The van der Waals surface area contributed by atoms with Crippen molar-refractivity contribution in [1.82, 2.24) is 20.0 Å². The number of hydrogen-bond acceptors (Lipinski definition) is 3. The van der Waals surface area contributed by atoms with Crippen molar-refractivity contribution < 1.29 is 4.79 Å². The van der Waals surface area contributed by atoms with Crippen LogP contribution in [0.2, 0.25) is 0 Å². The second-order valence-corrected chi connectivity index (χ2v) is 5.04. The van der Waals surface area contributed by atoms with Crippen LogP contribution in [0.25, 0.3) is 0 Å². The Hall–Kier alpha value is -1.36. The summed E-state index contributed by atoms with van der Waals surface area (Å²) in [5.41, 5.74) is 0.525. The maximum Gasteiger partial charge on any atom is 0.274 e. The Labute approximate surface area is 108 Å². The van der Waals surface area contributed by atoms with Crippen molar-refractivity contribution in [1.29, 1.82) is 0 Å². The van der Waals surface area contributed by atoms with Crippen molar-refractivity contribution in [2.75, 3.05) is 20.1 Å². The summed E-state index contributed by atoms with van der Waals surface area (Å²) in [5, 5.41) is 7.64. The van der Waals surface area contributed by atoms with Crippen LogP contribution in [0.4, 0.5) is 0 Å². The Balaban J connectivity index is 1.80. The SMILES string of the molecule is CN(CCC1CCCCN1)C(=O)c1ccn(C)n1. The number of carbonyl (C=O) groups is 1. The third kappa shape index (κ3) is 3.32. The van der Waals surface area contributed by atoms with E-state index in [1.165, 1.54) is 19.3 Å². The van der Waals surface area contributed by atoms with E-state index in [2.05, 4.69) is 10.4 Å². The molecule has 0 bridgehead atoms. The average Bonchev–Trinajstić information content (AvgIpc) is 2.83. The molecule has 1 saturated heterocycles. The standard InChI is InChI=1S/C13H22N4O/c1-16(9-6-11-5-3-4-8-14-11)13(18)12-7-10-17(2)15-12/h7,10-11,14H,3-6,8-9H2,1-2H3. The fourth-order valence-corrected chi connectivity index (χ4v) is 2.35. The van der Waals surface area contributed by atoms with E-state index in [9.17, 15) is 4.79 Å². The highest BCUT2D eigenvalue weighted by Crippen LogP contribution is 2.11. The van der Waals surface area contributed by atoms with Crippen molar-refractivity contribution >= 4 is 5.91 Å². The Kier molecular flexibility index (Phi) is 4.36. The molecule has 1 amide bonds. The van der Waals surface area contributed by atoms with Gasteiger partial charge in [-0.05, 0) is 31.9 Å². The molecule has 1 N–H and O–H groups in total. The Morgan fingerprint density at radius 3 is 3.06 bits per heavy atom. The van der Waals surface area contributed by atoms with Gasteiger partial charge >= 0.3 is 0 Å². The van der Waals surface area contributed by atoms with Crippen LogP contribution in [-0.2, 0) is 7.05 Å². The highest BCUT2D eigenvalue weighted by Gasteiger charge is 2.17. The lowest BCUT2D eigenvalue weighted by molar-refractivity contribution is 0.0781. The molecule has 1 aromatic rings. The number of piperidine rings is 1. The largest absolute Gasteiger partial charge is 0.340 e. The van der Waals surface area contributed by atoms with Gasteiger partial charge in [0, 0.05) is 32.9 Å². The highest BCUT2D eigenvalue weighted by molar-refractivity contribution is 5.91. The monoisotopic (exact) mass is 250 g/mol. The van der Waals surface area contributed by atoms with Crippen LogP contribution < -0.4 is 5.32 Å². The summed E-state index contributed by atoms with van der Waals surface area (Å²) < 4.78 is 1.66. The quantitative estimate of drug-likeness (QED) is 0.868. The van der Waals surface area contributed by atoms with Crippen molar-refractivity contribution in [2.24, 2.45) is 7.05 Å². The zero-order chi connectivity index (χ0) is 13.0. The van der Waals surface area contributed by atoms with Crippen molar-refractivity contribution in [3.63, 3.8) is 0 Å². The molecule has 0 radical (unpaired) electrons. The molecule has 1 unspecified atom stereocenters. The highest BCUT2D eigenvalue weighted by atomic mass is 16.2. The van der Waals surface area contributed by atoms with Gasteiger partial charge in [-0.3, -0.25) is 9.48 Å². The molecule has 1 aliphatic heterocycles. The maximum atomic E-state index is 12.1. The average molecular weight is 250 g/mol. The lowest BCUT2D eigenvalue weighted by atomic mass is 10.0. The van der Waals surface area contributed by atoms with Crippen LogP contribution in [0.1, 0.15) is 36.2 Å². The molecular weight excluding hydrogens is 228 g/mol. The van der Waals surface area contributed by atoms with Crippen LogP contribution in [0.15, 0.2) is 12.3 Å². The topological polar surface area (TPSA) is 50.2 Å². The molecule has 1 aromatic heterocycles. The summed E-state index contributed by atoms with van der Waals surface area (Å²) in [4.78, 5) is 13.8. The van der Waals surface area contributed by atoms with Crippen molar-refractivity contribution in [3.05, 3.63) is 18.0 Å². The smallest absolute Gasteiger partial charge is 0.274 e. The Morgan fingerprint density at radius 2 is 2.44 bits per heavy atom. The zero-order valence-corrected chi connectivity index (χ0v) is 11.2. The van der Waals surface area contributed by atoms with E-state index in [1.807, 2.05) is 14.1 Å². The first-order chi connectivity index (χ1) is 8.66. The summed E-state index contributed by atoms with van der Waals surface area (Å²) in [6.45, 7) is 1.90. The van der Waals surface area contributed by atoms with Gasteiger partial charge in [-0.25, -0.2) is 0 Å². The number of nitrogens with zero attached hydrogens (tertiary/aromatic N) is 3. The molecule has 1 atom stereocenters. The van der Waals surface area contributed by atoms with Gasteiger partial charge in [0.05, 0.1) is 0 Å². The van der Waals surface area contributed by atoms with Gasteiger partial charge < -0.3 is 10.2 Å². The predicted octanol–water partition coefficient (Wildman–Crippen LogP) is 1.02. The summed E-state index contributed by atoms with van der Waals surface area (Å²) in [6.07, 6.45) is 6.62. The van der Waals surface area contributed by atoms with Crippen molar-refractivity contribution in [2.45, 2.75) is 31.7 Å². The third-order valence-corrected chi connectivity index (χ3v) is 3.50. The van der Waals surface area contributed by atoms with Gasteiger partial charge in [0.25, 0.3) is 5.91 Å². The van der Waals surface area contributed by atoms with E-state index >= 15 is 0 Å². The molecule has 1 aliphatic rings. The summed E-state index contributed by atoms with van der Waals surface area (Å²) in [7, 11) is 3.67. The molecule has 1 fully saturated rings. The van der Waals surface area contributed by atoms with Crippen LogP contribution in [-0.4, -0.2) is 46.8 Å². The van der Waals surface area contributed by atoms with Crippen LogP contribution in [0, 0.1) is 0 Å². The van der Waals surface area contributed by atoms with Gasteiger partial charge in [-0.1, -0.05) is 6.42 Å². The van der Waals surface area contributed by atoms with E-state index in [0.717, 1.165) is 19.5 Å². The molecule has 18 heavy (non-hydrogen) atoms. The normalized spacial score (nSPS) is 19.8. The second-order valence-electron chi connectivity index (χ2n) is 5.04. The van der Waals surface area contributed by atoms with E-state index in [0.29, 0.717) is 11.7 Å². The summed E-state index contributed by atoms with van der Waals surface area (Å²) in [6, 6.07) is 2.33. The van der Waals surface area contributed by atoms with Crippen molar-refractivity contribution in [3.8, 4) is 0 Å². The molecule has 5 nitrogen and oxygen atoms in total. The van der Waals surface area contributed by atoms with E-state index in [4.69, 9.17) is 0 Å². The van der Waals surface area contributed by atoms with Gasteiger partial charge in [0.15, 0.2) is 0 Å². The molecule has 0 aliphatic carbocycles. The minimum absolute atomic E-state index is 0.00593. The lowest BCUT2D eigenvalue weighted by Gasteiger charge is -2.25. The van der Waals surface area contributed by atoms with E-state index < -0.39 is 0 Å². The van der Waals surface area contributed by atoms with Gasteiger partial charge in [0.1, 0.15) is 5.69 Å². The molecule has 5 heteroatoms. The zero-order valence-electron chi connectivity index (χ0n) is 11.2. The molecule has 2 rings (SSSR count). The fourth-order valence-electron chi connectivity index (χ4n) is 2.35. The van der Waals surface area contributed by atoms with E-state index in [1.54, 1.807) is 21.8 Å². The fraction of sp³-hybridized carbons (Fsp3) is 0.692. The van der Waals surface area contributed by atoms with Gasteiger partial charge in [0.2, 0.25) is 0 Å². The van der Waals surface area contributed by atoms with Crippen LogP contribution >= 0.6 is 0 Å². The number of carbonyl (C=O) groups excluding carboxylic acids is 1. The minimum atomic E-state index is 0.00593. The van der Waals surface area contributed by atoms with Crippen LogP contribution in [0.3, 0.4) is 0 Å². The van der Waals surface area contributed by atoms with E-state index in [-0.39, 0.29) is 5.91 Å². The number of amides is 1. The number of hydrogen-bond donors (Lipinski definition) is 1. The minimum Gasteiger partial charge on any atom is -0.340 e. The maximum absolute atomic E-state index is 12.1. The molecule has 100 valence electrons. The summed E-state index contributed by atoms with van der Waals surface area (Å²) in [5.74, 6) is 0.00593. The Bertz CT molecular complexity index is 395. The third-order valence-electron chi connectivity index (χ3n) is 3.50. The molecule has 0 saturated carbocycles. The number of aromatic nitrogens is 2. The molecule has 2 heterocycles. The molecule has 0 aromatic carbocycles. The lowest BCUT2D eigenvalue weighted by Crippen LogP contribution is -2.38. The van der Waals surface area contributed by atoms with Gasteiger partial charge in [-0.2, -0.15) is 5.10 Å². The number of aryl methyl sites for hydroxylation is 1. The Morgan fingerprint density at radius 1 is 1.61 bits per heavy atom. The van der Waals surface area contributed by atoms with Crippen LogP contribution in [0.5, 0.6) is 0 Å². The first kappa shape index (κ1) is 13.1. The van der Waals surface area contributed by atoms with Gasteiger partial charge in [-0.15, -0.1) is 0 Å². The molecule has 0 spiro atoms. The predicted molar refractivity (Wildman–Crippen MR) is 70.4 cm³/mol. The molecular formula is C13H22N4O. The second kappa shape index (κ2) is 6.00. The first-order valence-electron chi connectivity index (χ1n) is 6.65. The first-order valence-corrected chi connectivity index (χ1v) is 6.65. The summed E-state index contributed by atoms with van der Waals surface area (Å²) >= 11 is 0. The number of rotatable bonds is 4. The number of nitrogens with one attached hydrogen (secondary N) is 1.